The highest BCUT2D eigenvalue weighted by Gasteiger charge is 2.31. The van der Waals surface area contributed by atoms with Crippen LogP contribution < -0.4 is 9.47 Å². The normalized spacial score (nSPS) is 16.9. The maximum atomic E-state index is 15.1. The Morgan fingerprint density at radius 1 is 1.00 bits per heavy atom. The van der Waals surface area contributed by atoms with E-state index in [1.54, 1.807) is 25.3 Å². The number of carboxylic acids is 1. The fraction of sp³-hybridized carbons (Fsp3) is 0.382. The van der Waals surface area contributed by atoms with Crippen molar-refractivity contribution in [2.45, 2.75) is 64.9 Å². The number of methoxy groups -OCH3 is 1. The first-order valence-corrected chi connectivity index (χ1v) is 14.0. The largest absolute Gasteiger partial charge is 0.497 e. The maximum Gasteiger partial charge on any atom is 0.303 e. The van der Waals surface area contributed by atoms with E-state index in [4.69, 9.17) is 9.47 Å². The highest BCUT2D eigenvalue weighted by atomic mass is 19.1. The molecule has 1 atom stereocenters. The van der Waals surface area contributed by atoms with E-state index in [9.17, 15) is 14.3 Å². The molecular formula is C34H36F2O4. The first kappa shape index (κ1) is 27.9. The van der Waals surface area contributed by atoms with E-state index in [1.807, 2.05) is 18.2 Å². The minimum atomic E-state index is -0.887. The molecule has 3 aromatic rings. The molecule has 0 heterocycles. The fourth-order valence-electron chi connectivity index (χ4n) is 5.81. The standard InChI is InChI=1S/C34H36F2O4/c1-34(2)12-4-5-31(34)29-14-22(8-10-28(29)30-19-26(39-3)9-11-32(30)36)20-40-27-16-24(15-25(35)18-27)23(17-33(37)38)13-21-6-7-21/h5,8-11,14-16,18-19,21,23H,4,6-7,12-13,17,20H2,1-3H3,(H,37,38)/t23-/m1/s1. The maximum absolute atomic E-state index is 15.1. The second kappa shape index (κ2) is 11.4. The van der Waals surface area contributed by atoms with Crippen molar-refractivity contribution in [1.29, 1.82) is 0 Å². The zero-order valence-electron chi connectivity index (χ0n) is 23.3. The monoisotopic (exact) mass is 546 g/mol. The number of benzene rings is 3. The molecule has 210 valence electrons. The second-order valence-electron chi connectivity index (χ2n) is 11.7. The van der Waals surface area contributed by atoms with E-state index >= 15 is 4.39 Å². The van der Waals surface area contributed by atoms with E-state index in [0.29, 0.717) is 28.5 Å². The smallest absolute Gasteiger partial charge is 0.303 e. The second-order valence-corrected chi connectivity index (χ2v) is 11.7. The highest BCUT2D eigenvalue weighted by molar-refractivity contribution is 5.85. The van der Waals surface area contributed by atoms with Gasteiger partial charge in [0.05, 0.1) is 13.5 Å². The van der Waals surface area contributed by atoms with Crippen molar-refractivity contribution in [3.05, 3.63) is 89.0 Å². The number of allylic oxidation sites excluding steroid dienone is 2. The molecule has 4 nitrogen and oxygen atoms in total. The van der Waals surface area contributed by atoms with E-state index in [-0.39, 0.29) is 30.2 Å². The van der Waals surface area contributed by atoms with Crippen molar-refractivity contribution in [2.24, 2.45) is 11.3 Å². The molecule has 2 aliphatic rings. The Bertz CT molecular complexity index is 1440. The number of ether oxygens (including phenoxy) is 2. The van der Waals surface area contributed by atoms with Gasteiger partial charge in [-0.2, -0.15) is 0 Å². The minimum absolute atomic E-state index is 0.0318. The molecule has 1 N–H and O–H groups in total. The molecule has 5 rings (SSSR count). The summed E-state index contributed by atoms with van der Waals surface area (Å²) in [5, 5.41) is 9.41. The van der Waals surface area contributed by atoms with Crippen molar-refractivity contribution in [2.75, 3.05) is 7.11 Å². The van der Waals surface area contributed by atoms with Crippen LogP contribution in [0.4, 0.5) is 8.78 Å². The van der Waals surface area contributed by atoms with Gasteiger partial charge in [0.2, 0.25) is 0 Å². The van der Waals surface area contributed by atoms with Gasteiger partial charge < -0.3 is 14.6 Å². The Morgan fingerprint density at radius 3 is 2.48 bits per heavy atom. The minimum Gasteiger partial charge on any atom is -0.497 e. The van der Waals surface area contributed by atoms with Gasteiger partial charge in [0.25, 0.3) is 0 Å². The van der Waals surface area contributed by atoms with Gasteiger partial charge in [-0.25, -0.2) is 8.78 Å². The SMILES string of the molecule is COc1ccc(F)c(-c2ccc(COc3cc(F)cc([C@@H](CC(=O)O)CC4CC4)c3)cc2C2=CCCC2(C)C)c1. The van der Waals surface area contributed by atoms with Crippen LogP contribution in [0.1, 0.15) is 75.0 Å². The van der Waals surface area contributed by atoms with E-state index in [2.05, 4.69) is 19.9 Å². The summed E-state index contributed by atoms with van der Waals surface area (Å²) >= 11 is 0. The number of aliphatic carboxylic acids is 1. The van der Waals surface area contributed by atoms with Crippen LogP contribution in [0.15, 0.2) is 60.7 Å². The fourth-order valence-corrected chi connectivity index (χ4v) is 5.81. The lowest BCUT2D eigenvalue weighted by molar-refractivity contribution is -0.137. The van der Waals surface area contributed by atoms with Gasteiger partial charge in [0.15, 0.2) is 0 Å². The summed E-state index contributed by atoms with van der Waals surface area (Å²) < 4.78 is 41.1. The Morgan fingerprint density at radius 2 is 1.80 bits per heavy atom. The number of hydrogen-bond acceptors (Lipinski definition) is 3. The number of rotatable bonds is 11. The number of carbonyl (C=O) groups is 1. The molecule has 0 amide bonds. The summed E-state index contributed by atoms with van der Waals surface area (Å²) in [6.45, 7) is 4.59. The molecule has 0 spiro atoms. The summed E-state index contributed by atoms with van der Waals surface area (Å²) in [6, 6.07) is 15.1. The van der Waals surface area contributed by atoms with Gasteiger partial charge in [0, 0.05) is 11.6 Å². The molecule has 0 saturated heterocycles. The third-order valence-corrected chi connectivity index (χ3v) is 8.19. The van der Waals surface area contributed by atoms with Crippen LogP contribution in [0.2, 0.25) is 0 Å². The molecule has 40 heavy (non-hydrogen) atoms. The van der Waals surface area contributed by atoms with Gasteiger partial charge >= 0.3 is 5.97 Å². The Labute approximate surface area is 234 Å². The van der Waals surface area contributed by atoms with Gasteiger partial charge in [0.1, 0.15) is 29.7 Å². The molecule has 1 fully saturated rings. The molecule has 0 unspecified atom stereocenters. The number of hydrogen-bond donors (Lipinski definition) is 1. The lowest BCUT2D eigenvalue weighted by atomic mass is 9.79. The molecule has 2 aliphatic carbocycles. The van der Waals surface area contributed by atoms with Crippen molar-refractivity contribution in [3.8, 4) is 22.6 Å². The van der Waals surface area contributed by atoms with Gasteiger partial charge in [-0.15, -0.1) is 0 Å². The summed E-state index contributed by atoms with van der Waals surface area (Å²) in [6.07, 6.45) is 7.09. The average molecular weight is 547 g/mol. The molecule has 3 aromatic carbocycles. The van der Waals surface area contributed by atoms with Crippen molar-refractivity contribution in [1.82, 2.24) is 0 Å². The number of halogens is 2. The third kappa shape index (κ3) is 6.38. The molecule has 0 bridgehead atoms. The van der Waals surface area contributed by atoms with Crippen LogP contribution in [-0.2, 0) is 11.4 Å². The average Bonchev–Trinajstić information content (AvgIpc) is 3.66. The summed E-state index contributed by atoms with van der Waals surface area (Å²) in [4.78, 5) is 11.5. The van der Waals surface area contributed by atoms with Crippen LogP contribution >= 0.6 is 0 Å². The Kier molecular flexibility index (Phi) is 7.97. The summed E-state index contributed by atoms with van der Waals surface area (Å²) in [5.74, 6) is -0.439. The molecule has 0 aromatic heterocycles. The summed E-state index contributed by atoms with van der Waals surface area (Å²) in [5.41, 5.74) is 4.83. The molecule has 0 radical (unpaired) electrons. The van der Waals surface area contributed by atoms with Crippen molar-refractivity contribution >= 4 is 11.5 Å². The lowest BCUT2D eigenvalue weighted by Gasteiger charge is -2.25. The number of carboxylic acid groups (broad SMARTS) is 1. The molecule has 1 saturated carbocycles. The van der Waals surface area contributed by atoms with Gasteiger partial charge in [-0.3, -0.25) is 4.79 Å². The van der Waals surface area contributed by atoms with Gasteiger partial charge in [-0.1, -0.05) is 44.9 Å². The van der Waals surface area contributed by atoms with Crippen LogP contribution in [0.3, 0.4) is 0 Å². The molecule has 6 heteroatoms. The third-order valence-electron chi connectivity index (χ3n) is 8.19. The van der Waals surface area contributed by atoms with E-state index in [0.717, 1.165) is 54.4 Å². The first-order valence-electron chi connectivity index (χ1n) is 14.0. The highest BCUT2D eigenvalue weighted by Crippen LogP contribution is 2.47. The van der Waals surface area contributed by atoms with Crippen LogP contribution in [-0.4, -0.2) is 18.2 Å². The zero-order valence-corrected chi connectivity index (χ0v) is 23.3. The lowest BCUT2D eigenvalue weighted by Crippen LogP contribution is -2.10. The Balaban J connectivity index is 1.45. The van der Waals surface area contributed by atoms with E-state index in [1.165, 1.54) is 18.2 Å². The first-order chi connectivity index (χ1) is 19.1. The summed E-state index contributed by atoms with van der Waals surface area (Å²) in [7, 11) is 1.56. The quantitative estimate of drug-likeness (QED) is 0.261. The molecular weight excluding hydrogens is 510 g/mol. The van der Waals surface area contributed by atoms with Gasteiger partial charge in [-0.05, 0) is 101 Å². The van der Waals surface area contributed by atoms with E-state index < -0.39 is 11.8 Å². The predicted molar refractivity (Wildman–Crippen MR) is 152 cm³/mol. The zero-order chi connectivity index (χ0) is 28.4. The van der Waals surface area contributed by atoms with Crippen LogP contribution in [0.25, 0.3) is 16.7 Å². The Hall–Kier alpha value is -3.67. The van der Waals surface area contributed by atoms with Crippen molar-refractivity contribution in [3.63, 3.8) is 0 Å². The van der Waals surface area contributed by atoms with Crippen LogP contribution in [0.5, 0.6) is 11.5 Å². The van der Waals surface area contributed by atoms with Crippen LogP contribution in [0, 0.1) is 23.0 Å². The topological polar surface area (TPSA) is 55.8 Å². The van der Waals surface area contributed by atoms with Crippen molar-refractivity contribution < 1.29 is 28.2 Å². The molecule has 0 aliphatic heterocycles. The predicted octanol–water partition coefficient (Wildman–Crippen LogP) is 8.78.